The summed E-state index contributed by atoms with van der Waals surface area (Å²) in [6.45, 7) is 4.33. The minimum Gasteiger partial charge on any atom is -0.259 e. The minimum absolute atomic E-state index is 0.327. The summed E-state index contributed by atoms with van der Waals surface area (Å²) in [6, 6.07) is 17.9. The van der Waals surface area contributed by atoms with Gasteiger partial charge < -0.3 is 0 Å². The smallest absolute Gasteiger partial charge is 0.169 e. The van der Waals surface area contributed by atoms with Crippen molar-refractivity contribution in [2.75, 3.05) is 0 Å². The zero-order chi connectivity index (χ0) is 16.9. The molecule has 0 aliphatic carbocycles. The SMILES string of the molecule is CC(C)c1ccc(C[S@](=O)Cc2nnnn2-c2ccccc2)cc1. The summed E-state index contributed by atoms with van der Waals surface area (Å²) >= 11 is 0. The third-order valence-electron chi connectivity index (χ3n) is 3.80. The van der Waals surface area contributed by atoms with Gasteiger partial charge in [-0.05, 0) is 39.6 Å². The van der Waals surface area contributed by atoms with Crippen molar-refractivity contribution in [3.8, 4) is 5.69 Å². The highest BCUT2D eigenvalue weighted by molar-refractivity contribution is 7.83. The molecule has 2 aromatic carbocycles. The molecule has 124 valence electrons. The van der Waals surface area contributed by atoms with Crippen LogP contribution in [0.15, 0.2) is 54.6 Å². The fraction of sp³-hybridized carbons (Fsp3) is 0.278. The van der Waals surface area contributed by atoms with Gasteiger partial charge in [-0.3, -0.25) is 4.21 Å². The van der Waals surface area contributed by atoms with Gasteiger partial charge in [-0.15, -0.1) is 5.10 Å². The van der Waals surface area contributed by atoms with Crippen molar-refractivity contribution in [3.63, 3.8) is 0 Å². The van der Waals surface area contributed by atoms with Crippen molar-refractivity contribution in [3.05, 3.63) is 71.5 Å². The molecule has 0 aliphatic rings. The molecule has 3 aromatic rings. The van der Waals surface area contributed by atoms with Crippen LogP contribution >= 0.6 is 0 Å². The zero-order valence-corrected chi connectivity index (χ0v) is 14.6. The Kier molecular flexibility index (Phi) is 5.15. The average molecular weight is 340 g/mol. The van der Waals surface area contributed by atoms with Crippen molar-refractivity contribution >= 4 is 10.8 Å². The number of aromatic nitrogens is 4. The monoisotopic (exact) mass is 340 g/mol. The maximum atomic E-state index is 12.5. The standard InChI is InChI=1S/C18H20N4OS/c1-14(2)16-10-8-15(9-11-16)12-24(23)13-18-19-20-21-22(18)17-6-4-3-5-7-17/h3-11,14H,12-13H2,1-2H3/t24-/m0/s1. The van der Waals surface area contributed by atoms with Crippen molar-refractivity contribution in [2.45, 2.75) is 31.3 Å². The summed E-state index contributed by atoms with van der Waals surface area (Å²) < 4.78 is 14.1. The van der Waals surface area contributed by atoms with Gasteiger partial charge in [0, 0.05) is 16.6 Å². The predicted octanol–water partition coefficient (Wildman–Crippen LogP) is 3.23. The van der Waals surface area contributed by atoms with E-state index in [1.165, 1.54) is 5.56 Å². The molecule has 0 aliphatic heterocycles. The molecular weight excluding hydrogens is 320 g/mol. The molecule has 0 saturated carbocycles. The molecule has 0 N–H and O–H groups in total. The quantitative estimate of drug-likeness (QED) is 0.691. The Hall–Kier alpha value is -2.34. The first-order valence-corrected chi connectivity index (χ1v) is 9.39. The number of rotatable bonds is 6. The largest absolute Gasteiger partial charge is 0.259 e. The fourth-order valence-electron chi connectivity index (χ4n) is 2.45. The van der Waals surface area contributed by atoms with Gasteiger partial charge in [0.25, 0.3) is 0 Å². The van der Waals surface area contributed by atoms with Crippen LogP contribution in [0.5, 0.6) is 0 Å². The first kappa shape index (κ1) is 16.5. The summed E-state index contributed by atoms with van der Waals surface area (Å²) in [5, 5.41) is 11.7. The Balaban J connectivity index is 1.69. The Bertz CT molecular complexity index is 813. The van der Waals surface area contributed by atoms with Crippen LogP contribution in [-0.4, -0.2) is 24.4 Å². The van der Waals surface area contributed by atoms with E-state index < -0.39 is 10.8 Å². The van der Waals surface area contributed by atoms with E-state index >= 15 is 0 Å². The van der Waals surface area contributed by atoms with Crippen LogP contribution in [0, 0.1) is 0 Å². The number of hydrogen-bond donors (Lipinski definition) is 0. The third kappa shape index (κ3) is 3.94. The first-order chi connectivity index (χ1) is 11.6. The van der Waals surface area contributed by atoms with Crippen LogP contribution in [-0.2, 0) is 22.3 Å². The first-order valence-electron chi connectivity index (χ1n) is 7.90. The summed E-state index contributed by atoms with van der Waals surface area (Å²) in [6.07, 6.45) is 0. The Morgan fingerprint density at radius 2 is 1.71 bits per heavy atom. The van der Waals surface area contributed by atoms with Gasteiger partial charge in [0.1, 0.15) is 0 Å². The van der Waals surface area contributed by atoms with E-state index in [2.05, 4.69) is 41.5 Å². The third-order valence-corrected chi connectivity index (χ3v) is 5.03. The van der Waals surface area contributed by atoms with Gasteiger partial charge in [-0.25, -0.2) is 0 Å². The molecule has 24 heavy (non-hydrogen) atoms. The zero-order valence-electron chi connectivity index (χ0n) is 13.8. The Morgan fingerprint density at radius 3 is 2.38 bits per heavy atom. The van der Waals surface area contributed by atoms with E-state index in [4.69, 9.17) is 0 Å². The number of hydrogen-bond acceptors (Lipinski definition) is 4. The molecule has 0 unspecified atom stereocenters. The summed E-state index contributed by atoms with van der Waals surface area (Å²) in [5.74, 6) is 1.94. The van der Waals surface area contributed by atoms with Gasteiger partial charge in [0.2, 0.25) is 0 Å². The second-order valence-corrected chi connectivity index (χ2v) is 7.42. The molecule has 1 heterocycles. The van der Waals surface area contributed by atoms with E-state index in [0.29, 0.717) is 23.2 Å². The van der Waals surface area contributed by atoms with Crippen molar-refractivity contribution < 1.29 is 4.21 Å². The van der Waals surface area contributed by atoms with Crippen LogP contribution in [0.4, 0.5) is 0 Å². The number of tetrazole rings is 1. The van der Waals surface area contributed by atoms with E-state index in [0.717, 1.165) is 11.3 Å². The van der Waals surface area contributed by atoms with Crippen molar-refractivity contribution in [1.29, 1.82) is 0 Å². The average Bonchev–Trinajstić information content (AvgIpc) is 3.04. The lowest BCUT2D eigenvalue weighted by Gasteiger charge is -2.07. The van der Waals surface area contributed by atoms with Crippen molar-refractivity contribution in [2.24, 2.45) is 0 Å². The van der Waals surface area contributed by atoms with Gasteiger partial charge in [0.15, 0.2) is 5.82 Å². The summed E-state index contributed by atoms with van der Waals surface area (Å²) in [4.78, 5) is 0. The molecule has 0 spiro atoms. The van der Waals surface area contributed by atoms with Gasteiger partial charge in [-0.1, -0.05) is 56.3 Å². The summed E-state index contributed by atoms with van der Waals surface area (Å²) in [7, 11) is -1.07. The second-order valence-electron chi connectivity index (χ2n) is 5.97. The highest BCUT2D eigenvalue weighted by atomic mass is 32.2. The topological polar surface area (TPSA) is 60.7 Å². The molecule has 1 atom stereocenters. The minimum atomic E-state index is -1.07. The lowest BCUT2D eigenvalue weighted by atomic mass is 10.0. The van der Waals surface area contributed by atoms with Crippen LogP contribution in [0.1, 0.15) is 36.7 Å². The fourth-order valence-corrected chi connectivity index (χ4v) is 3.58. The number of nitrogens with zero attached hydrogens (tertiary/aromatic N) is 4. The maximum absolute atomic E-state index is 12.5. The molecule has 5 nitrogen and oxygen atoms in total. The summed E-state index contributed by atoms with van der Waals surface area (Å²) in [5.41, 5.74) is 3.23. The molecule has 0 saturated heterocycles. The van der Waals surface area contributed by atoms with Crippen LogP contribution in [0.3, 0.4) is 0 Å². The molecular formula is C18H20N4OS. The second kappa shape index (κ2) is 7.49. The molecule has 3 rings (SSSR count). The lowest BCUT2D eigenvalue weighted by Crippen LogP contribution is -2.07. The Labute approximate surface area is 144 Å². The molecule has 0 bridgehead atoms. The number of para-hydroxylation sites is 1. The molecule has 6 heteroatoms. The number of benzene rings is 2. The predicted molar refractivity (Wildman–Crippen MR) is 95.2 cm³/mol. The normalized spacial score (nSPS) is 12.5. The van der Waals surface area contributed by atoms with Gasteiger partial charge >= 0.3 is 0 Å². The van der Waals surface area contributed by atoms with E-state index in [1.54, 1.807) is 4.68 Å². The van der Waals surface area contributed by atoms with Crippen LogP contribution < -0.4 is 0 Å². The molecule has 0 amide bonds. The highest BCUT2D eigenvalue weighted by Gasteiger charge is 2.12. The van der Waals surface area contributed by atoms with Crippen molar-refractivity contribution in [1.82, 2.24) is 20.2 Å². The van der Waals surface area contributed by atoms with Gasteiger partial charge in [-0.2, -0.15) is 4.68 Å². The van der Waals surface area contributed by atoms with E-state index in [9.17, 15) is 4.21 Å². The van der Waals surface area contributed by atoms with E-state index in [-0.39, 0.29) is 0 Å². The molecule has 1 aromatic heterocycles. The molecule has 0 fully saturated rings. The van der Waals surface area contributed by atoms with Crippen LogP contribution in [0.25, 0.3) is 5.69 Å². The van der Waals surface area contributed by atoms with Gasteiger partial charge in [0.05, 0.1) is 11.4 Å². The Morgan fingerprint density at radius 1 is 1.00 bits per heavy atom. The van der Waals surface area contributed by atoms with E-state index in [1.807, 2.05) is 42.5 Å². The lowest BCUT2D eigenvalue weighted by molar-refractivity contribution is 0.679. The molecule has 0 radical (unpaired) electrons. The van der Waals surface area contributed by atoms with Crippen LogP contribution in [0.2, 0.25) is 0 Å². The maximum Gasteiger partial charge on any atom is 0.169 e. The highest BCUT2D eigenvalue weighted by Crippen LogP contribution is 2.16.